The maximum absolute atomic E-state index is 12.4. The van der Waals surface area contributed by atoms with Crippen molar-refractivity contribution in [3.05, 3.63) is 83.6 Å². The highest BCUT2D eigenvalue weighted by atomic mass is 16.5. The van der Waals surface area contributed by atoms with Crippen molar-refractivity contribution < 1.29 is 13.9 Å². The first-order valence-corrected chi connectivity index (χ1v) is 8.52. The average molecular weight is 333 g/mol. The highest BCUT2D eigenvalue weighted by molar-refractivity contribution is 5.94. The minimum absolute atomic E-state index is 0.0000501. The van der Waals surface area contributed by atoms with E-state index in [2.05, 4.69) is 29.2 Å². The topological polar surface area (TPSA) is 52.3 Å². The Kier molecular flexibility index (Phi) is 4.34. The van der Waals surface area contributed by atoms with Gasteiger partial charge < -0.3 is 9.15 Å². The maximum atomic E-state index is 12.4. The Morgan fingerprint density at radius 1 is 1.16 bits per heavy atom. The van der Waals surface area contributed by atoms with Crippen LogP contribution in [-0.4, -0.2) is 10.8 Å². The van der Waals surface area contributed by atoms with Crippen LogP contribution in [0, 0.1) is 5.92 Å². The number of rotatable bonds is 5. The van der Waals surface area contributed by atoms with Gasteiger partial charge in [0.2, 0.25) is 5.78 Å². The predicted molar refractivity (Wildman–Crippen MR) is 93.6 cm³/mol. The molecular formula is C21H19NO3. The minimum Gasteiger partial charge on any atom is -0.489 e. The van der Waals surface area contributed by atoms with Crippen LogP contribution >= 0.6 is 0 Å². The molecule has 0 bridgehead atoms. The van der Waals surface area contributed by atoms with Crippen LogP contribution in [0.5, 0.6) is 5.75 Å². The molecule has 0 N–H and O–H groups in total. The summed E-state index contributed by atoms with van der Waals surface area (Å²) < 4.78 is 11.0. The average Bonchev–Trinajstić information content (AvgIpc) is 3.21. The summed E-state index contributed by atoms with van der Waals surface area (Å²) in [6.07, 6.45) is 5.38. The summed E-state index contributed by atoms with van der Waals surface area (Å²) in [4.78, 5) is 16.4. The molecule has 1 aliphatic rings. The summed E-state index contributed by atoms with van der Waals surface area (Å²) in [5, 5.41) is 0. The quantitative estimate of drug-likeness (QED) is 0.655. The molecular weight excluding hydrogens is 314 g/mol. The van der Waals surface area contributed by atoms with Crippen LogP contribution in [0.2, 0.25) is 0 Å². The molecule has 25 heavy (non-hydrogen) atoms. The van der Waals surface area contributed by atoms with Gasteiger partial charge in [-0.2, -0.15) is 0 Å². The number of hydrogen-bond donors (Lipinski definition) is 0. The van der Waals surface area contributed by atoms with Crippen molar-refractivity contribution in [2.75, 3.05) is 0 Å². The van der Waals surface area contributed by atoms with Crippen molar-refractivity contribution in [2.24, 2.45) is 5.92 Å². The van der Waals surface area contributed by atoms with E-state index in [-0.39, 0.29) is 17.6 Å². The molecule has 126 valence electrons. The van der Waals surface area contributed by atoms with Gasteiger partial charge in [-0.1, -0.05) is 36.4 Å². The number of fused-ring (bicyclic) bond motifs is 1. The molecule has 4 rings (SSSR count). The van der Waals surface area contributed by atoms with Crippen LogP contribution in [0.3, 0.4) is 0 Å². The molecule has 1 aliphatic carbocycles. The summed E-state index contributed by atoms with van der Waals surface area (Å²) in [7, 11) is 0. The molecule has 0 saturated heterocycles. The van der Waals surface area contributed by atoms with Crippen LogP contribution in [0.15, 0.2) is 65.4 Å². The van der Waals surface area contributed by atoms with Gasteiger partial charge in [0, 0.05) is 5.92 Å². The van der Waals surface area contributed by atoms with E-state index in [9.17, 15) is 4.79 Å². The Balaban J connectivity index is 1.43. The van der Waals surface area contributed by atoms with E-state index in [1.165, 1.54) is 23.6 Å². The zero-order valence-electron chi connectivity index (χ0n) is 13.9. The second-order valence-corrected chi connectivity index (χ2v) is 6.35. The number of carbonyl (C=O) groups is 1. The Labute approximate surface area is 146 Å². The summed E-state index contributed by atoms with van der Waals surface area (Å²) >= 11 is 0. The van der Waals surface area contributed by atoms with Crippen LogP contribution < -0.4 is 4.74 Å². The molecule has 4 nitrogen and oxygen atoms in total. The monoisotopic (exact) mass is 333 g/mol. The van der Waals surface area contributed by atoms with Gasteiger partial charge in [-0.05, 0) is 48.1 Å². The van der Waals surface area contributed by atoms with Gasteiger partial charge in [0.1, 0.15) is 18.6 Å². The molecule has 1 aromatic heterocycles. The van der Waals surface area contributed by atoms with Crippen molar-refractivity contribution in [1.29, 1.82) is 0 Å². The molecule has 1 unspecified atom stereocenters. The first-order valence-electron chi connectivity index (χ1n) is 8.52. The highest BCUT2D eigenvalue weighted by Crippen LogP contribution is 2.30. The molecule has 1 heterocycles. The molecule has 4 heteroatoms. The number of ether oxygens (including phenoxy) is 1. The maximum Gasteiger partial charge on any atom is 0.263 e. The first kappa shape index (κ1) is 15.6. The number of carbonyl (C=O) groups excluding carboxylic acids is 1. The van der Waals surface area contributed by atoms with Gasteiger partial charge in [-0.15, -0.1) is 0 Å². The van der Waals surface area contributed by atoms with Crippen molar-refractivity contribution in [1.82, 2.24) is 4.98 Å². The third kappa shape index (κ3) is 3.48. The fourth-order valence-corrected chi connectivity index (χ4v) is 3.31. The number of ketones is 1. The lowest BCUT2D eigenvalue weighted by Crippen LogP contribution is -2.23. The van der Waals surface area contributed by atoms with Crippen LogP contribution in [0.4, 0.5) is 0 Å². The van der Waals surface area contributed by atoms with Crippen molar-refractivity contribution >= 4 is 5.78 Å². The molecule has 0 aliphatic heterocycles. The van der Waals surface area contributed by atoms with Gasteiger partial charge in [0.05, 0.1) is 6.20 Å². The second-order valence-electron chi connectivity index (χ2n) is 6.35. The van der Waals surface area contributed by atoms with E-state index in [1.807, 2.05) is 24.3 Å². The van der Waals surface area contributed by atoms with Crippen LogP contribution in [0.25, 0.3) is 0 Å². The zero-order valence-corrected chi connectivity index (χ0v) is 13.9. The summed E-state index contributed by atoms with van der Waals surface area (Å²) in [5.74, 6) is 1.04. The summed E-state index contributed by atoms with van der Waals surface area (Å²) in [6, 6.07) is 16.3. The molecule has 0 amide bonds. The number of aryl methyl sites for hydroxylation is 1. The van der Waals surface area contributed by atoms with E-state index in [0.717, 1.165) is 30.6 Å². The largest absolute Gasteiger partial charge is 0.489 e. The number of hydrogen-bond acceptors (Lipinski definition) is 4. The van der Waals surface area contributed by atoms with Gasteiger partial charge in [0.25, 0.3) is 5.89 Å². The fourth-order valence-electron chi connectivity index (χ4n) is 3.31. The van der Waals surface area contributed by atoms with E-state index < -0.39 is 0 Å². The predicted octanol–water partition coefficient (Wildman–Crippen LogP) is 4.24. The third-order valence-corrected chi connectivity index (χ3v) is 4.67. The number of aromatic nitrogens is 1. The van der Waals surface area contributed by atoms with Crippen molar-refractivity contribution in [3.63, 3.8) is 0 Å². The SMILES string of the molecule is O=C(c1ncco1)C1CCc2cc(OCc3ccccc3)ccc2C1. The standard InChI is InChI=1S/C21H19NO3/c23-20(21-22-10-11-24-21)18-7-6-17-13-19(9-8-16(17)12-18)25-14-15-4-2-1-3-5-15/h1-5,8-11,13,18H,6-7,12,14H2. The van der Waals surface area contributed by atoms with Crippen LogP contribution in [0.1, 0.15) is 33.8 Å². The van der Waals surface area contributed by atoms with Crippen LogP contribution in [-0.2, 0) is 19.4 Å². The zero-order chi connectivity index (χ0) is 17.1. The number of Topliss-reactive ketones (excluding diaryl/α,β-unsaturated/α-hetero) is 1. The molecule has 0 radical (unpaired) electrons. The van der Waals surface area contributed by atoms with E-state index in [1.54, 1.807) is 0 Å². The Morgan fingerprint density at radius 3 is 2.84 bits per heavy atom. The fraction of sp³-hybridized carbons (Fsp3) is 0.238. The van der Waals surface area contributed by atoms with E-state index in [4.69, 9.17) is 9.15 Å². The molecule has 3 aromatic rings. The molecule has 2 aromatic carbocycles. The van der Waals surface area contributed by atoms with E-state index >= 15 is 0 Å². The lowest BCUT2D eigenvalue weighted by atomic mass is 9.81. The van der Waals surface area contributed by atoms with Gasteiger partial charge in [-0.25, -0.2) is 4.98 Å². The minimum atomic E-state index is -0.0535. The van der Waals surface area contributed by atoms with Gasteiger partial charge in [0.15, 0.2) is 0 Å². The highest BCUT2D eigenvalue weighted by Gasteiger charge is 2.28. The Morgan fingerprint density at radius 2 is 2.04 bits per heavy atom. The lowest BCUT2D eigenvalue weighted by molar-refractivity contribution is 0.0873. The lowest BCUT2D eigenvalue weighted by Gasteiger charge is -2.23. The second kappa shape index (κ2) is 6.93. The normalized spacial score (nSPS) is 16.2. The smallest absolute Gasteiger partial charge is 0.263 e. The number of benzene rings is 2. The molecule has 0 fully saturated rings. The molecule has 0 saturated carbocycles. The van der Waals surface area contributed by atoms with Gasteiger partial charge in [-0.3, -0.25) is 4.79 Å². The summed E-state index contributed by atoms with van der Waals surface area (Å²) in [5.41, 5.74) is 3.63. The number of nitrogens with zero attached hydrogens (tertiary/aromatic N) is 1. The van der Waals surface area contributed by atoms with Crippen molar-refractivity contribution in [3.8, 4) is 5.75 Å². The Bertz CT molecular complexity index is 856. The molecule has 1 atom stereocenters. The molecule has 0 spiro atoms. The third-order valence-electron chi connectivity index (χ3n) is 4.67. The van der Waals surface area contributed by atoms with Crippen molar-refractivity contribution in [2.45, 2.75) is 25.9 Å². The summed E-state index contributed by atoms with van der Waals surface area (Å²) in [6.45, 7) is 0.560. The Hall–Kier alpha value is -2.88. The first-order chi connectivity index (χ1) is 12.3. The number of oxazole rings is 1. The van der Waals surface area contributed by atoms with E-state index in [0.29, 0.717) is 6.61 Å². The van der Waals surface area contributed by atoms with Gasteiger partial charge >= 0.3 is 0 Å².